The number of ether oxygens (including phenoxy) is 4. The zero-order valence-corrected chi connectivity index (χ0v) is 24.1. The van der Waals surface area contributed by atoms with Crippen molar-refractivity contribution >= 4 is 23.9 Å². The molecule has 0 atom stereocenters. The average molecular weight is 585 g/mol. The van der Waals surface area contributed by atoms with E-state index in [4.69, 9.17) is 18.9 Å². The standard InChI is InChI=1S/C35H36O8/c1-26(31(36)43-30-20-12-5-13-21-30)22-35(32(37)40-23-27-14-6-2-7-15-27,33(38)41-24-28-16-8-3-9-17-28)34(39)42-25-29-18-10-4-11-19-29/h2-4,6-11,14-19,30H,1,5,12-13,20-25H2. The van der Waals surface area contributed by atoms with Crippen molar-refractivity contribution in [1.29, 1.82) is 0 Å². The first kappa shape index (κ1) is 31.2. The van der Waals surface area contributed by atoms with Crippen LogP contribution in [0.15, 0.2) is 103 Å². The second kappa shape index (κ2) is 15.5. The predicted molar refractivity (Wildman–Crippen MR) is 158 cm³/mol. The lowest BCUT2D eigenvalue weighted by atomic mass is 9.81. The Hall–Kier alpha value is -4.72. The van der Waals surface area contributed by atoms with E-state index < -0.39 is 35.7 Å². The summed E-state index contributed by atoms with van der Waals surface area (Å²) in [5.74, 6) is -4.42. The van der Waals surface area contributed by atoms with E-state index in [9.17, 15) is 19.2 Å². The Bertz CT molecular complexity index is 1240. The van der Waals surface area contributed by atoms with Crippen molar-refractivity contribution in [2.24, 2.45) is 5.41 Å². The molecule has 0 radical (unpaired) electrons. The van der Waals surface area contributed by atoms with E-state index in [0.29, 0.717) is 29.5 Å². The number of hydrogen-bond acceptors (Lipinski definition) is 8. The van der Waals surface area contributed by atoms with Crippen LogP contribution in [-0.4, -0.2) is 30.0 Å². The molecule has 0 saturated heterocycles. The van der Waals surface area contributed by atoms with Crippen LogP contribution < -0.4 is 0 Å². The Morgan fingerprint density at radius 3 is 1.35 bits per heavy atom. The lowest BCUT2D eigenvalue weighted by Gasteiger charge is -2.28. The molecule has 1 aliphatic rings. The molecule has 0 spiro atoms. The molecule has 8 heteroatoms. The second-order valence-corrected chi connectivity index (χ2v) is 10.5. The summed E-state index contributed by atoms with van der Waals surface area (Å²) in [6.07, 6.45) is 3.31. The summed E-state index contributed by atoms with van der Waals surface area (Å²) in [6.45, 7) is 3.14. The molecule has 0 N–H and O–H groups in total. The van der Waals surface area contributed by atoms with Gasteiger partial charge in [-0.15, -0.1) is 0 Å². The Morgan fingerprint density at radius 2 is 0.977 bits per heavy atom. The van der Waals surface area contributed by atoms with Gasteiger partial charge in [-0.2, -0.15) is 0 Å². The van der Waals surface area contributed by atoms with Gasteiger partial charge in [-0.3, -0.25) is 14.4 Å². The van der Waals surface area contributed by atoms with Crippen molar-refractivity contribution in [3.63, 3.8) is 0 Å². The van der Waals surface area contributed by atoms with Gasteiger partial charge in [-0.25, -0.2) is 4.79 Å². The van der Waals surface area contributed by atoms with Crippen LogP contribution in [0.3, 0.4) is 0 Å². The summed E-state index contributed by atoms with van der Waals surface area (Å²) in [7, 11) is 0. The molecule has 0 heterocycles. The van der Waals surface area contributed by atoms with E-state index in [1.54, 1.807) is 91.0 Å². The molecule has 1 saturated carbocycles. The molecule has 0 amide bonds. The van der Waals surface area contributed by atoms with Crippen molar-refractivity contribution < 1.29 is 38.1 Å². The highest BCUT2D eigenvalue weighted by Gasteiger charge is 2.58. The first-order valence-electron chi connectivity index (χ1n) is 14.4. The van der Waals surface area contributed by atoms with Gasteiger partial charge in [0.1, 0.15) is 25.9 Å². The molecule has 0 unspecified atom stereocenters. The monoisotopic (exact) mass is 584 g/mol. The fraction of sp³-hybridized carbons (Fsp3) is 0.314. The Morgan fingerprint density at radius 1 is 0.605 bits per heavy atom. The van der Waals surface area contributed by atoms with Gasteiger partial charge < -0.3 is 18.9 Å². The molecule has 3 aromatic rings. The molecule has 0 aromatic heterocycles. The second-order valence-electron chi connectivity index (χ2n) is 10.5. The fourth-order valence-electron chi connectivity index (χ4n) is 4.82. The topological polar surface area (TPSA) is 105 Å². The van der Waals surface area contributed by atoms with Crippen molar-refractivity contribution in [2.75, 3.05) is 0 Å². The summed E-state index contributed by atoms with van der Waals surface area (Å²) >= 11 is 0. The first-order valence-corrected chi connectivity index (χ1v) is 14.4. The van der Waals surface area contributed by atoms with Crippen LogP contribution in [0.2, 0.25) is 0 Å². The highest BCUT2D eigenvalue weighted by atomic mass is 16.6. The number of esters is 4. The maximum atomic E-state index is 13.9. The molecule has 1 fully saturated rings. The normalized spacial score (nSPS) is 13.4. The molecule has 43 heavy (non-hydrogen) atoms. The molecule has 8 nitrogen and oxygen atoms in total. The van der Waals surface area contributed by atoms with Gasteiger partial charge in [0.25, 0.3) is 5.41 Å². The van der Waals surface area contributed by atoms with Crippen LogP contribution >= 0.6 is 0 Å². The van der Waals surface area contributed by atoms with Crippen molar-refractivity contribution in [1.82, 2.24) is 0 Å². The van der Waals surface area contributed by atoms with Crippen LogP contribution in [-0.2, 0) is 57.9 Å². The minimum absolute atomic E-state index is 0.224. The van der Waals surface area contributed by atoms with Crippen LogP contribution in [0.5, 0.6) is 0 Å². The zero-order chi connectivity index (χ0) is 30.5. The molecular formula is C35H36O8. The third kappa shape index (κ3) is 8.64. The molecule has 224 valence electrons. The average Bonchev–Trinajstić information content (AvgIpc) is 3.05. The summed E-state index contributed by atoms with van der Waals surface area (Å²) in [6, 6.07) is 26.4. The van der Waals surface area contributed by atoms with Crippen LogP contribution in [0.25, 0.3) is 0 Å². The van der Waals surface area contributed by atoms with E-state index in [0.717, 1.165) is 19.3 Å². The minimum Gasteiger partial charge on any atom is -0.460 e. The largest absolute Gasteiger partial charge is 0.460 e. The van der Waals surface area contributed by atoms with E-state index in [-0.39, 0.29) is 31.5 Å². The summed E-state index contributed by atoms with van der Waals surface area (Å²) in [4.78, 5) is 54.7. The smallest absolute Gasteiger partial charge is 0.335 e. The first-order chi connectivity index (χ1) is 20.9. The molecule has 3 aromatic carbocycles. The Labute approximate surface area is 251 Å². The third-order valence-corrected chi connectivity index (χ3v) is 7.28. The third-order valence-electron chi connectivity index (χ3n) is 7.28. The van der Waals surface area contributed by atoms with Crippen molar-refractivity contribution in [3.05, 3.63) is 120 Å². The van der Waals surface area contributed by atoms with Gasteiger partial charge in [0.2, 0.25) is 0 Å². The quantitative estimate of drug-likeness (QED) is 0.104. The van der Waals surface area contributed by atoms with Gasteiger partial charge in [0.15, 0.2) is 0 Å². The Kier molecular flexibility index (Phi) is 11.2. The van der Waals surface area contributed by atoms with Gasteiger partial charge in [-0.1, -0.05) is 104 Å². The fourth-order valence-corrected chi connectivity index (χ4v) is 4.82. The number of rotatable bonds is 13. The van der Waals surface area contributed by atoms with Gasteiger partial charge >= 0.3 is 23.9 Å². The minimum atomic E-state index is -2.67. The summed E-state index contributed by atoms with van der Waals surface area (Å²) in [5.41, 5.74) is -1.00. The number of carbonyl (C=O) groups excluding carboxylic acids is 4. The molecular weight excluding hydrogens is 548 g/mol. The lowest BCUT2D eigenvalue weighted by Crippen LogP contribution is -2.50. The molecule has 1 aliphatic carbocycles. The predicted octanol–water partition coefficient (Wildman–Crippen LogP) is 6.03. The Balaban J connectivity index is 1.63. The van der Waals surface area contributed by atoms with Crippen molar-refractivity contribution in [2.45, 2.75) is 64.4 Å². The van der Waals surface area contributed by atoms with Crippen LogP contribution in [0.4, 0.5) is 0 Å². The molecule has 0 aliphatic heterocycles. The van der Waals surface area contributed by atoms with E-state index >= 15 is 0 Å². The van der Waals surface area contributed by atoms with E-state index in [1.807, 2.05) is 0 Å². The zero-order valence-electron chi connectivity index (χ0n) is 24.1. The van der Waals surface area contributed by atoms with E-state index in [2.05, 4.69) is 6.58 Å². The van der Waals surface area contributed by atoms with Gasteiger partial charge in [-0.05, 0) is 42.4 Å². The maximum absolute atomic E-state index is 13.9. The summed E-state index contributed by atoms with van der Waals surface area (Å²) in [5, 5.41) is 0. The van der Waals surface area contributed by atoms with E-state index in [1.165, 1.54) is 0 Å². The number of hydrogen-bond donors (Lipinski definition) is 0. The van der Waals surface area contributed by atoms with Crippen LogP contribution in [0, 0.1) is 5.41 Å². The molecule has 4 rings (SSSR count). The number of carbonyl (C=O) groups is 4. The highest BCUT2D eigenvalue weighted by molar-refractivity contribution is 6.18. The lowest BCUT2D eigenvalue weighted by molar-refractivity contribution is -0.186. The van der Waals surface area contributed by atoms with Crippen LogP contribution in [0.1, 0.15) is 55.2 Å². The highest BCUT2D eigenvalue weighted by Crippen LogP contribution is 2.34. The van der Waals surface area contributed by atoms with Gasteiger partial charge in [0, 0.05) is 12.0 Å². The summed E-state index contributed by atoms with van der Waals surface area (Å²) < 4.78 is 22.2. The molecule has 0 bridgehead atoms. The maximum Gasteiger partial charge on any atom is 0.335 e. The SMILES string of the molecule is C=C(CC(C(=O)OCc1ccccc1)(C(=O)OCc1ccccc1)C(=O)OCc1ccccc1)C(=O)OC1CCCCC1. The van der Waals surface area contributed by atoms with Gasteiger partial charge in [0.05, 0.1) is 0 Å². The van der Waals surface area contributed by atoms with Crippen molar-refractivity contribution in [3.8, 4) is 0 Å². The number of benzene rings is 3.